The fourth-order valence-corrected chi connectivity index (χ4v) is 3.09. The lowest BCUT2D eigenvalue weighted by Gasteiger charge is -2.07. The van der Waals surface area contributed by atoms with E-state index >= 15 is 0 Å². The molecule has 142 valence electrons. The zero-order chi connectivity index (χ0) is 18.0. The van der Waals surface area contributed by atoms with Crippen LogP contribution in [0, 0.1) is 5.92 Å². The van der Waals surface area contributed by atoms with Gasteiger partial charge in [0.25, 0.3) is 0 Å². The van der Waals surface area contributed by atoms with E-state index in [1.54, 1.807) is 0 Å². The third kappa shape index (κ3) is 17.8. The van der Waals surface area contributed by atoms with E-state index in [-0.39, 0.29) is 0 Å². The molecule has 1 rings (SSSR count). The third-order valence-electron chi connectivity index (χ3n) is 4.64. The summed E-state index contributed by atoms with van der Waals surface area (Å²) in [6.45, 7) is 7.81. The first-order chi connectivity index (χ1) is 11.6. The summed E-state index contributed by atoms with van der Waals surface area (Å²) in [5, 5.41) is 0. The van der Waals surface area contributed by atoms with Crippen molar-refractivity contribution in [1.82, 2.24) is 4.90 Å². The normalized spacial score (nSPS) is 14.9. The zero-order valence-corrected chi connectivity index (χ0v) is 17.4. The summed E-state index contributed by atoms with van der Waals surface area (Å²) >= 11 is 0. The molecular formula is C23H45N. The predicted molar refractivity (Wildman–Crippen MR) is 112 cm³/mol. The molecule has 24 heavy (non-hydrogen) atoms. The maximum Gasteiger partial charge on any atom is -0.00247 e. The molecule has 1 nitrogen and oxygen atoms in total. The average Bonchev–Trinajstić information content (AvgIpc) is 3.04. The van der Waals surface area contributed by atoms with Crippen molar-refractivity contribution < 1.29 is 0 Å². The zero-order valence-electron chi connectivity index (χ0n) is 17.4. The molecule has 0 N–H and O–H groups in total. The Balaban J connectivity index is 0.000000449. The standard InChI is InChI=1S/C13H24.C10H21N/c1-2-3-4-5-6-7-10-13-11-8-9-12-13;1-10(2)8-6-5-7-9-11(3)4/h7,10,13H,2-6,8-9,11-12H2,1H3;8H,5-7,9H2,1-4H3/b10-7+;. The van der Waals surface area contributed by atoms with Gasteiger partial charge in [-0.1, -0.05) is 62.8 Å². The van der Waals surface area contributed by atoms with Gasteiger partial charge in [-0.05, 0) is 85.4 Å². The molecule has 0 atom stereocenters. The lowest BCUT2D eigenvalue weighted by Crippen LogP contribution is -2.12. The molecule has 0 saturated heterocycles. The van der Waals surface area contributed by atoms with Gasteiger partial charge < -0.3 is 4.90 Å². The largest absolute Gasteiger partial charge is 0.309 e. The summed E-state index contributed by atoms with van der Waals surface area (Å²) in [6.07, 6.45) is 23.8. The highest BCUT2D eigenvalue weighted by molar-refractivity contribution is 4.92. The van der Waals surface area contributed by atoms with Crippen LogP contribution in [0.2, 0.25) is 0 Å². The summed E-state index contributed by atoms with van der Waals surface area (Å²) in [6, 6.07) is 0. The van der Waals surface area contributed by atoms with Gasteiger partial charge in [0.15, 0.2) is 0 Å². The van der Waals surface area contributed by atoms with Gasteiger partial charge in [-0.15, -0.1) is 0 Å². The van der Waals surface area contributed by atoms with E-state index in [2.05, 4.69) is 58.0 Å². The first kappa shape index (κ1) is 23.4. The second-order valence-electron chi connectivity index (χ2n) is 7.90. The lowest BCUT2D eigenvalue weighted by atomic mass is 10.1. The van der Waals surface area contributed by atoms with E-state index in [0.29, 0.717) is 0 Å². The molecule has 0 aromatic heterocycles. The predicted octanol–water partition coefficient (Wildman–Crippen LogP) is 7.39. The maximum atomic E-state index is 2.47. The number of hydrogen-bond acceptors (Lipinski definition) is 1. The van der Waals surface area contributed by atoms with Crippen molar-refractivity contribution in [3.63, 3.8) is 0 Å². The van der Waals surface area contributed by atoms with Gasteiger partial charge in [0.2, 0.25) is 0 Å². The van der Waals surface area contributed by atoms with Crippen LogP contribution in [-0.2, 0) is 0 Å². The van der Waals surface area contributed by atoms with E-state index in [1.165, 1.54) is 89.2 Å². The molecule has 0 amide bonds. The van der Waals surface area contributed by atoms with Crippen LogP contribution in [-0.4, -0.2) is 25.5 Å². The van der Waals surface area contributed by atoms with Crippen LogP contribution in [0.5, 0.6) is 0 Å². The molecule has 0 bridgehead atoms. The molecule has 0 radical (unpaired) electrons. The van der Waals surface area contributed by atoms with Crippen molar-refractivity contribution in [2.24, 2.45) is 5.92 Å². The minimum absolute atomic E-state index is 0.936. The van der Waals surface area contributed by atoms with Crippen molar-refractivity contribution in [3.05, 3.63) is 23.8 Å². The molecule has 1 aliphatic carbocycles. The second kappa shape index (κ2) is 17.3. The first-order valence-corrected chi connectivity index (χ1v) is 10.5. The molecule has 1 aliphatic rings. The van der Waals surface area contributed by atoms with Crippen LogP contribution in [0.1, 0.15) is 97.8 Å². The first-order valence-electron chi connectivity index (χ1n) is 10.5. The van der Waals surface area contributed by atoms with Crippen LogP contribution >= 0.6 is 0 Å². The Kier molecular flexibility index (Phi) is 16.9. The Morgan fingerprint density at radius 2 is 1.58 bits per heavy atom. The lowest BCUT2D eigenvalue weighted by molar-refractivity contribution is 0.395. The summed E-state index contributed by atoms with van der Waals surface area (Å²) in [5.74, 6) is 0.936. The van der Waals surface area contributed by atoms with Crippen LogP contribution in [0.3, 0.4) is 0 Å². The summed E-state index contributed by atoms with van der Waals surface area (Å²) in [5.41, 5.74) is 1.44. The van der Waals surface area contributed by atoms with Crippen molar-refractivity contribution in [2.75, 3.05) is 20.6 Å². The fourth-order valence-electron chi connectivity index (χ4n) is 3.09. The molecular weight excluding hydrogens is 290 g/mol. The van der Waals surface area contributed by atoms with E-state index in [4.69, 9.17) is 0 Å². The quantitative estimate of drug-likeness (QED) is 0.281. The van der Waals surface area contributed by atoms with Crippen molar-refractivity contribution >= 4 is 0 Å². The minimum atomic E-state index is 0.936. The highest BCUT2D eigenvalue weighted by Gasteiger charge is 2.10. The van der Waals surface area contributed by atoms with E-state index < -0.39 is 0 Å². The van der Waals surface area contributed by atoms with E-state index in [9.17, 15) is 0 Å². The summed E-state index contributed by atoms with van der Waals surface area (Å²) in [4.78, 5) is 2.24. The third-order valence-corrected chi connectivity index (χ3v) is 4.64. The minimum Gasteiger partial charge on any atom is -0.309 e. The van der Waals surface area contributed by atoms with Gasteiger partial charge in [0.05, 0.1) is 0 Å². The monoisotopic (exact) mass is 335 g/mol. The van der Waals surface area contributed by atoms with Crippen LogP contribution in [0.25, 0.3) is 0 Å². The fraction of sp³-hybridized carbons (Fsp3) is 0.826. The molecule has 0 unspecified atom stereocenters. The topological polar surface area (TPSA) is 3.24 Å². The van der Waals surface area contributed by atoms with Crippen LogP contribution < -0.4 is 0 Å². The molecule has 0 spiro atoms. The number of allylic oxidation sites excluding steroid dienone is 4. The van der Waals surface area contributed by atoms with E-state index in [0.717, 1.165) is 5.92 Å². The smallest absolute Gasteiger partial charge is 0.00247 e. The second-order valence-corrected chi connectivity index (χ2v) is 7.90. The molecule has 1 fully saturated rings. The molecule has 0 aliphatic heterocycles. The Bertz CT molecular complexity index is 304. The molecule has 1 saturated carbocycles. The highest BCUT2D eigenvalue weighted by atomic mass is 15.0. The van der Waals surface area contributed by atoms with Crippen LogP contribution in [0.15, 0.2) is 23.8 Å². The molecule has 0 aromatic rings. The van der Waals surface area contributed by atoms with Crippen molar-refractivity contribution in [3.8, 4) is 0 Å². The van der Waals surface area contributed by atoms with Gasteiger partial charge in [0, 0.05) is 0 Å². The van der Waals surface area contributed by atoms with Gasteiger partial charge in [-0.2, -0.15) is 0 Å². The van der Waals surface area contributed by atoms with Gasteiger partial charge >= 0.3 is 0 Å². The number of unbranched alkanes of at least 4 members (excludes halogenated alkanes) is 6. The number of nitrogens with zero attached hydrogens (tertiary/aromatic N) is 1. The summed E-state index contributed by atoms with van der Waals surface area (Å²) < 4.78 is 0. The van der Waals surface area contributed by atoms with Crippen molar-refractivity contribution in [1.29, 1.82) is 0 Å². The highest BCUT2D eigenvalue weighted by Crippen LogP contribution is 2.25. The molecule has 0 aromatic carbocycles. The van der Waals surface area contributed by atoms with Gasteiger partial charge in [0.1, 0.15) is 0 Å². The van der Waals surface area contributed by atoms with Crippen molar-refractivity contribution in [2.45, 2.75) is 97.8 Å². The summed E-state index contributed by atoms with van der Waals surface area (Å²) in [7, 11) is 4.25. The van der Waals surface area contributed by atoms with Crippen LogP contribution in [0.4, 0.5) is 0 Å². The van der Waals surface area contributed by atoms with Gasteiger partial charge in [-0.3, -0.25) is 0 Å². The number of hydrogen-bond donors (Lipinski definition) is 0. The maximum absolute atomic E-state index is 2.47. The Morgan fingerprint density at radius 1 is 0.917 bits per heavy atom. The molecule has 1 heteroatoms. The van der Waals surface area contributed by atoms with Gasteiger partial charge in [-0.25, -0.2) is 0 Å². The Morgan fingerprint density at radius 3 is 2.17 bits per heavy atom. The SMILES string of the molecule is CC(C)=CCCCCN(C)C.CCCCCC/C=C/C1CCCC1. The Hall–Kier alpha value is -0.560. The molecule has 0 heterocycles. The Labute approximate surface area is 153 Å². The van der Waals surface area contributed by atoms with E-state index in [1.807, 2.05) is 0 Å². The number of rotatable bonds is 11. The average molecular weight is 336 g/mol.